The Morgan fingerprint density at radius 2 is 1.77 bits per heavy atom. The maximum Gasteiger partial charge on any atom is 0.247 e. The summed E-state index contributed by atoms with van der Waals surface area (Å²) in [6.07, 6.45) is 0. The maximum absolute atomic E-state index is 12.9. The number of nitrogens with zero attached hydrogens (tertiary/aromatic N) is 5. The minimum absolute atomic E-state index is 0.490. The number of halogens is 1. The molecule has 0 aliphatic carbocycles. The topological polar surface area (TPSA) is 80.5 Å². The first-order valence-corrected chi connectivity index (χ1v) is 6.77. The van der Waals surface area contributed by atoms with Gasteiger partial charge >= 0.3 is 0 Å². The third kappa shape index (κ3) is 3.35. The molecule has 0 saturated heterocycles. The van der Waals surface area contributed by atoms with Crippen LogP contribution in [0.2, 0.25) is 0 Å². The van der Waals surface area contributed by atoms with Crippen molar-refractivity contribution in [1.29, 1.82) is 0 Å². The zero-order valence-corrected chi connectivity index (χ0v) is 11.6. The van der Waals surface area contributed by atoms with Gasteiger partial charge in [-0.05, 0) is 34.7 Å². The van der Waals surface area contributed by atoms with Crippen molar-refractivity contribution >= 4 is 11.8 Å². The van der Waals surface area contributed by atoms with E-state index in [0.29, 0.717) is 24.9 Å². The maximum atomic E-state index is 12.9. The highest BCUT2D eigenvalue weighted by molar-refractivity contribution is 5.39. The molecule has 0 aliphatic rings. The predicted octanol–water partition coefficient (Wildman–Crippen LogP) is 1.72. The summed E-state index contributed by atoms with van der Waals surface area (Å²) in [6, 6.07) is 14.2. The van der Waals surface area contributed by atoms with Crippen molar-refractivity contribution in [3.05, 3.63) is 54.5 Å². The second kappa shape index (κ2) is 6.61. The van der Waals surface area contributed by atoms with E-state index in [1.165, 1.54) is 6.07 Å². The van der Waals surface area contributed by atoms with Crippen LogP contribution in [-0.4, -0.2) is 38.3 Å². The highest BCUT2D eigenvalue weighted by Gasteiger charge is 2.06. The number of tetrazole rings is 1. The van der Waals surface area contributed by atoms with Gasteiger partial charge in [-0.15, -0.1) is 0 Å². The minimum atomic E-state index is -0.508. The molecule has 2 N–H and O–H groups in total. The zero-order valence-electron chi connectivity index (χ0n) is 11.6. The Balaban J connectivity index is 1.56. The van der Waals surface area contributed by atoms with E-state index in [9.17, 15) is 4.39 Å². The number of para-hydroxylation sites is 1. The molecule has 8 heteroatoms. The average molecular weight is 299 g/mol. The van der Waals surface area contributed by atoms with Crippen molar-refractivity contribution in [2.24, 2.45) is 0 Å². The molecular weight excluding hydrogens is 285 g/mol. The van der Waals surface area contributed by atoms with E-state index >= 15 is 0 Å². The second-order valence-electron chi connectivity index (χ2n) is 4.45. The van der Waals surface area contributed by atoms with Gasteiger partial charge in [0.1, 0.15) is 5.82 Å². The van der Waals surface area contributed by atoms with E-state index in [1.54, 1.807) is 16.8 Å². The highest BCUT2D eigenvalue weighted by atomic mass is 19.1. The molecule has 0 unspecified atom stereocenters. The van der Waals surface area contributed by atoms with Crippen molar-refractivity contribution in [3.8, 4) is 5.69 Å². The first-order chi connectivity index (χ1) is 10.8. The van der Waals surface area contributed by atoms with E-state index in [4.69, 9.17) is 0 Å². The third-order valence-electron chi connectivity index (χ3n) is 2.90. The van der Waals surface area contributed by atoms with Gasteiger partial charge in [0.25, 0.3) is 0 Å². The van der Waals surface area contributed by atoms with Gasteiger partial charge in [-0.1, -0.05) is 29.4 Å². The lowest BCUT2D eigenvalue weighted by Gasteiger charge is -2.08. The number of hydrogen-bond acceptors (Lipinski definition) is 6. The Morgan fingerprint density at radius 3 is 2.59 bits per heavy atom. The van der Waals surface area contributed by atoms with E-state index < -0.39 is 5.95 Å². The zero-order chi connectivity index (χ0) is 15.2. The summed E-state index contributed by atoms with van der Waals surface area (Å²) < 4.78 is 14.6. The van der Waals surface area contributed by atoms with Crippen molar-refractivity contribution in [1.82, 2.24) is 25.2 Å². The molecule has 2 heterocycles. The Kier molecular flexibility index (Phi) is 4.19. The van der Waals surface area contributed by atoms with Gasteiger partial charge < -0.3 is 10.6 Å². The number of rotatable bonds is 6. The van der Waals surface area contributed by atoms with Gasteiger partial charge in [-0.3, -0.25) is 0 Å². The van der Waals surface area contributed by atoms with Gasteiger partial charge in [0.15, 0.2) is 0 Å². The molecule has 7 nitrogen and oxygen atoms in total. The summed E-state index contributed by atoms with van der Waals surface area (Å²) in [4.78, 5) is 3.72. The smallest absolute Gasteiger partial charge is 0.247 e. The first kappa shape index (κ1) is 13.9. The van der Waals surface area contributed by atoms with Crippen LogP contribution < -0.4 is 10.6 Å². The number of pyridine rings is 1. The van der Waals surface area contributed by atoms with Gasteiger partial charge in [0.05, 0.1) is 5.69 Å². The van der Waals surface area contributed by atoms with E-state index in [1.807, 2.05) is 30.3 Å². The quantitative estimate of drug-likeness (QED) is 0.533. The van der Waals surface area contributed by atoms with Crippen molar-refractivity contribution in [3.63, 3.8) is 0 Å². The van der Waals surface area contributed by atoms with Crippen LogP contribution in [0.5, 0.6) is 0 Å². The van der Waals surface area contributed by atoms with E-state index in [2.05, 4.69) is 31.1 Å². The Hall–Kier alpha value is -3.03. The lowest BCUT2D eigenvalue weighted by atomic mass is 10.3. The molecule has 22 heavy (non-hydrogen) atoms. The van der Waals surface area contributed by atoms with Crippen LogP contribution in [0.3, 0.4) is 0 Å². The minimum Gasteiger partial charge on any atom is -0.368 e. The van der Waals surface area contributed by atoms with Gasteiger partial charge in [0.2, 0.25) is 11.9 Å². The van der Waals surface area contributed by atoms with Crippen LogP contribution in [0.15, 0.2) is 48.5 Å². The van der Waals surface area contributed by atoms with Gasteiger partial charge in [-0.25, -0.2) is 4.98 Å². The monoisotopic (exact) mass is 299 g/mol. The molecule has 0 bridgehead atoms. The van der Waals surface area contributed by atoms with Gasteiger partial charge in [0, 0.05) is 13.1 Å². The summed E-state index contributed by atoms with van der Waals surface area (Å²) in [5.41, 5.74) is 0.870. The van der Waals surface area contributed by atoms with Gasteiger partial charge in [-0.2, -0.15) is 9.07 Å². The van der Waals surface area contributed by atoms with Crippen LogP contribution in [0.4, 0.5) is 16.2 Å². The molecule has 112 valence electrons. The summed E-state index contributed by atoms with van der Waals surface area (Å²) >= 11 is 0. The fraction of sp³-hybridized carbons (Fsp3) is 0.143. The van der Waals surface area contributed by atoms with Crippen LogP contribution in [-0.2, 0) is 0 Å². The Morgan fingerprint density at radius 1 is 0.955 bits per heavy atom. The molecule has 0 amide bonds. The molecule has 0 radical (unpaired) electrons. The lowest BCUT2D eigenvalue weighted by molar-refractivity contribution is 0.585. The SMILES string of the molecule is Fc1cccc(NCCNc2nnnn2-c2ccccc2)n1. The number of hydrogen-bond donors (Lipinski definition) is 2. The third-order valence-corrected chi connectivity index (χ3v) is 2.90. The van der Waals surface area contributed by atoms with E-state index in [0.717, 1.165) is 5.69 Å². The molecule has 0 aliphatic heterocycles. The van der Waals surface area contributed by atoms with Crippen molar-refractivity contribution in [2.45, 2.75) is 0 Å². The number of anilines is 2. The molecule has 0 fully saturated rings. The molecule has 0 saturated carbocycles. The molecule has 0 spiro atoms. The van der Waals surface area contributed by atoms with Crippen molar-refractivity contribution < 1.29 is 4.39 Å². The summed E-state index contributed by atoms with van der Waals surface area (Å²) in [5, 5.41) is 17.7. The summed E-state index contributed by atoms with van der Waals surface area (Å²) in [6.45, 7) is 1.11. The first-order valence-electron chi connectivity index (χ1n) is 6.77. The molecule has 0 atom stereocenters. The van der Waals surface area contributed by atoms with Crippen LogP contribution in [0.25, 0.3) is 5.69 Å². The summed E-state index contributed by atoms with van der Waals surface area (Å²) in [5.74, 6) is 0.524. The molecule has 2 aromatic heterocycles. The number of benzene rings is 1. The molecule has 3 aromatic rings. The fourth-order valence-corrected chi connectivity index (χ4v) is 1.91. The van der Waals surface area contributed by atoms with Crippen molar-refractivity contribution in [2.75, 3.05) is 23.7 Å². The Bertz CT molecular complexity index is 729. The number of nitrogens with one attached hydrogen (secondary N) is 2. The van der Waals surface area contributed by atoms with Crippen LogP contribution >= 0.6 is 0 Å². The standard InChI is InChI=1S/C14H14FN7/c15-12-7-4-8-13(18-12)16-9-10-17-14-19-20-21-22(14)11-5-2-1-3-6-11/h1-8H,9-10H2,(H,16,18)(H,17,19,21). The van der Waals surface area contributed by atoms with Crippen LogP contribution in [0.1, 0.15) is 0 Å². The Labute approximate surface area is 126 Å². The fourth-order valence-electron chi connectivity index (χ4n) is 1.91. The largest absolute Gasteiger partial charge is 0.368 e. The van der Waals surface area contributed by atoms with Crippen LogP contribution in [0, 0.1) is 5.95 Å². The van der Waals surface area contributed by atoms with E-state index in [-0.39, 0.29) is 0 Å². The molecular formula is C14H14FN7. The highest BCUT2D eigenvalue weighted by Crippen LogP contribution is 2.10. The average Bonchev–Trinajstić information content (AvgIpc) is 3.01. The predicted molar refractivity (Wildman–Crippen MR) is 80.3 cm³/mol. The molecule has 3 rings (SSSR count). The second-order valence-corrected chi connectivity index (χ2v) is 4.45. The molecule has 1 aromatic carbocycles. The lowest BCUT2D eigenvalue weighted by Crippen LogP contribution is -2.17. The normalized spacial score (nSPS) is 10.4. The summed E-state index contributed by atoms with van der Waals surface area (Å²) in [7, 11) is 0. The number of aromatic nitrogens is 5.